The molecule has 0 amide bonds. The first-order valence-corrected chi connectivity index (χ1v) is 6.16. The zero-order chi connectivity index (χ0) is 12.4. The molecule has 0 aliphatic rings. The summed E-state index contributed by atoms with van der Waals surface area (Å²) in [7, 11) is 0. The summed E-state index contributed by atoms with van der Waals surface area (Å²) in [6.07, 6.45) is -0.218. The minimum atomic E-state index is -0.731. The van der Waals surface area contributed by atoms with E-state index in [0.29, 0.717) is 15.6 Å². The third kappa shape index (κ3) is 2.63. The van der Waals surface area contributed by atoms with Gasteiger partial charge in [0.25, 0.3) is 5.89 Å². The van der Waals surface area contributed by atoms with Crippen LogP contribution in [0.4, 0.5) is 4.39 Å². The van der Waals surface area contributed by atoms with Crippen LogP contribution >= 0.6 is 22.6 Å². The molecule has 17 heavy (non-hydrogen) atoms. The highest BCUT2D eigenvalue weighted by Crippen LogP contribution is 2.25. The smallest absolute Gasteiger partial charge is 0.259 e. The Morgan fingerprint density at radius 3 is 2.94 bits per heavy atom. The Morgan fingerprint density at radius 1 is 1.53 bits per heavy atom. The highest BCUT2D eigenvalue weighted by Gasteiger charge is 2.16. The minimum absolute atomic E-state index is 0.252. The monoisotopic (exact) mass is 348 g/mol. The maximum Gasteiger partial charge on any atom is 0.259 e. The van der Waals surface area contributed by atoms with Crippen molar-refractivity contribution in [1.29, 1.82) is 0 Å². The summed E-state index contributed by atoms with van der Waals surface area (Å²) in [6.45, 7) is 1.82. The quantitative estimate of drug-likeness (QED) is 0.867. The molecule has 0 aliphatic carbocycles. The van der Waals surface area contributed by atoms with Crippen LogP contribution in [0.5, 0.6) is 0 Å². The molecule has 0 aliphatic heterocycles. The lowest BCUT2D eigenvalue weighted by Gasteiger charge is -1.99. The van der Waals surface area contributed by atoms with Gasteiger partial charge in [-0.25, -0.2) is 4.39 Å². The van der Waals surface area contributed by atoms with Crippen LogP contribution in [0.25, 0.3) is 11.5 Å². The van der Waals surface area contributed by atoms with Crippen LogP contribution in [0.1, 0.15) is 25.3 Å². The van der Waals surface area contributed by atoms with Gasteiger partial charge in [0.05, 0.1) is 5.56 Å². The molecule has 2 rings (SSSR count). The summed E-state index contributed by atoms with van der Waals surface area (Å²) in [6, 6.07) is 4.29. The van der Waals surface area contributed by atoms with E-state index in [1.54, 1.807) is 6.07 Å². The summed E-state index contributed by atoms with van der Waals surface area (Å²) in [5.74, 6) is 0.228. The van der Waals surface area contributed by atoms with Crippen molar-refractivity contribution < 1.29 is 14.0 Å². The van der Waals surface area contributed by atoms with Gasteiger partial charge in [-0.05, 0) is 47.2 Å². The van der Waals surface area contributed by atoms with Gasteiger partial charge in [0.15, 0.2) is 0 Å². The van der Waals surface area contributed by atoms with E-state index in [1.165, 1.54) is 12.1 Å². The molecule has 0 bridgehead atoms. The van der Waals surface area contributed by atoms with Crippen molar-refractivity contribution in [3.05, 3.63) is 33.4 Å². The standard InChI is InChI=1S/C11H10FIN2O2/c1-2-9(16)10-14-11(17-15-10)7-4-3-6(12)5-8(7)13/h3-5,9,16H,2H2,1H3. The number of rotatable bonds is 3. The van der Waals surface area contributed by atoms with Gasteiger partial charge in [-0.1, -0.05) is 12.1 Å². The Hall–Kier alpha value is -1.02. The lowest BCUT2D eigenvalue weighted by atomic mass is 10.2. The molecule has 1 heterocycles. The van der Waals surface area contributed by atoms with Gasteiger partial charge in [0.1, 0.15) is 11.9 Å². The molecule has 0 spiro atoms. The summed E-state index contributed by atoms with van der Waals surface area (Å²) in [5, 5.41) is 13.2. The number of aromatic nitrogens is 2. The lowest BCUT2D eigenvalue weighted by Crippen LogP contribution is -1.97. The van der Waals surface area contributed by atoms with Gasteiger partial charge in [0.2, 0.25) is 5.82 Å². The van der Waals surface area contributed by atoms with E-state index >= 15 is 0 Å². The fourth-order valence-corrected chi connectivity index (χ4v) is 2.03. The van der Waals surface area contributed by atoms with Gasteiger partial charge in [-0.3, -0.25) is 0 Å². The highest BCUT2D eigenvalue weighted by atomic mass is 127. The van der Waals surface area contributed by atoms with Crippen molar-refractivity contribution in [1.82, 2.24) is 10.1 Å². The topological polar surface area (TPSA) is 59.2 Å². The van der Waals surface area contributed by atoms with Crippen molar-refractivity contribution >= 4 is 22.6 Å². The number of hydrogen-bond acceptors (Lipinski definition) is 4. The van der Waals surface area contributed by atoms with Crippen LogP contribution in [0.3, 0.4) is 0 Å². The number of benzene rings is 1. The molecule has 0 fully saturated rings. The molecular formula is C11H10FIN2O2. The number of hydrogen-bond donors (Lipinski definition) is 1. The van der Waals surface area contributed by atoms with Crippen LogP contribution in [0.2, 0.25) is 0 Å². The molecule has 6 heteroatoms. The minimum Gasteiger partial charge on any atom is -0.385 e. The molecule has 0 saturated heterocycles. The van der Waals surface area contributed by atoms with E-state index in [4.69, 9.17) is 4.52 Å². The molecule has 1 aromatic heterocycles. The van der Waals surface area contributed by atoms with Crippen molar-refractivity contribution in [2.75, 3.05) is 0 Å². The Bertz CT molecular complexity index is 530. The maximum absolute atomic E-state index is 12.9. The van der Waals surface area contributed by atoms with Crippen molar-refractivity contribution in [3.8, 4) is 11.5 Å². The zero-order valence-corrected chi connectivity index (χ0v) is 11.2. The Labute approximate surface area is 111 Å². The molecule has 1 aromatic carbocycles. The van der Waals surface area contributed by atoms with Gasteiger partial charge < -0.3 is 9.63 Å². The zero-order valence-electron chi connectivity index (χ0n) is 9.02. The number of aliphatic hydroxyl groups is 1. The average Bonchev–Trinajstić information content (AvgIpc) is 2.77. The average molecular weight is 348 g/mol. The van der Waals surface area contributed by atoms with E-state index in [1.807, 2.05) is 29.5 Å². The molecule has 0 radical (unpaired) electrons. The molecule has 1 unspecified atom stereocenters. The number of aliphatic hydroxyl groups excluding tert-OH is 1. The molecule has 4 nitrogen and oxygen atoms in total. The van der Waals surface area contributed by atoms with E-state index in [2.05, 4.69) is 10.1 Å². The molecule has 2 aromatic rings. The van der Waals surface area contributed by atoms with Crippen molar-refractivity contribution in [2.24, 2.45) is 0 Å². The molecule has 1 atom stereocenters. The van der Waals surface area contributed by atoms with Gasteiger partial charge >= 0.3 is 0 Å². The van der Waals surface area contributed by atoms with Crippen molar-refractivity contribution in [3.63, 3.8) is 0 Å². The summed E-state index contributed by atoms with van der Waals surface area (Å²) in [5.41, 5.74) is 0.661. The Kier molecular flexibility index (Phi) is 3.72. The van der Waals surface area contributed by atoms with Gasteiger partial charge in [-0.15, -0.1) is 0 Å². The SMILES string of the molecule is CCC(O)c1noc(-c2ccc(F)cc2I)n1. The lowest BCUT2D eigenvalue weighted by molar-refractivity contribution is 0.159. The fraction of sp³-hybridized carbons (Fsp3) is 0.273. The second kappa shape index (κ2) is 5.09. The van der Waals surface area contributed by atoms with Gasteiger partial charge in [0, 0.05) is 3.57 Å². The highest BCUT2D eigenvalue weighted by molar-refractivity contribution is 14.1. The molecule has 1 N–H and O–H groups in total. The second-order valence-corrected chi connectivity index (χ2v) is 4.67. The van der Waals surface area contributed by atoms with Crippen LogP contribution in [-0.2, 0) is 0 Å². The fourth-order valence-electron chi connectivity index (χ4n) is 1.33. The van der Waals surface area contributed by atoms with Crippen LogP contribution in [0, 0.1) is 9.39 Å². The third-order valence-electron chi connectivity index (χ3n) is 2.29. The van der Waals surface area contributed by atoms with E-state index < -0.39 is 6.10 Å². The summed E-state index contributed by atoms with van der Waals surface area (Å²) < 4.78 is 18.7. The number of nitrogens with zero attached hydrogens (tertiary/aromatic N) is 2. The third-order valence-corrected chi connectivity index (χ3v) is 3.18. The van der Waals surface area contributed by atoms with Crippen LogP contribution in [-0.4, -0.2) is 15.2 Å². The summed E-state index contributed by atoms with van der Waals surface area (Å²) in [4.78, 5) is 4.09. The normalized spacial score (nSPS) is 12.7. The van der Waals surface area contributed by atoms with E-state index in [0.717, 1.165) is 0 Å². The van der Waals surface area contributed by atoms with Crippen molar-refractivity contribution in [2.45, 2.75) is 19.4 Å². The molecule has 0 saturated carbocycles. The predicted octanol–water partition coefficient (Wildman–Crippen LogP) is 2.92. The first kappa shape index (κ1) is 12.4. The first-order valence-electron chi connectivity index (χ1n) is 5.09. The van der Waals surface area contributed by atoms with Crippen LogP contribution in [0.15, 0.2) is 22.7 Å². The maximum atomic E-state index is 12.9. The second-order valence-electron chi connectivity index (χ2n) is 3.51. The van der Waals surface area contributed by atoms with E-state index in [9.17, 15) is 9.50 Å². The van der Waals surface area contributed by atoms with Crippen LogP contribution < -0.4 is 0 Å². The number of halogens is 2. The Morgan fingerprint density at radius 2 is 2.29 bits per heavy atom. The predicted molar refractivity (Wildman–Crippen MR) is 67.7 cm³/mol. The first-order chi connectivity index (χ1) is 8.11. The van der Waals surface area contributed by atoms with E-state index in [-0.39, 0.29) is 17.5 Å². The Balaban J connectivity index is 2.37. The molecular weight excluding hydrogens is 338 g/mol. The van der Waals surface area contributed by atoms with Gasteiger partial charge in [-0.2, -0.15) is 4.98 Å². The summed E-state index contributed by atoms with van der Waals surface area (Å²) >= 11 is 2.00. The largest absolute Gasteiger partial charge is 0.385 e. The molecule has 90 valence electrons.